The number of halogens is 1. The maximum absolute atomic E-state index is 12.9. The van der Waals surface area contributed by atoms with Crippen molar-refractivity contribution in [2.45, 2.75) is 12.1 Å². The number of ether oxygens (including phenoxy) is 1. The molecule has 0 atom stereocenters. The monoisotopic (exact) mass is 455 g/mol. The quantitative estimate of drug-likeness (QED) is 0.447. The molecule has 2 heterocycles. The molecule has 0 saturated heterocycles. The van der Waals surface area contributed by atoms with E-state index in [1.54, 1.807) is 60.3 Å². The molecule has 1 N–H and O–H groups in total. The van der Waals surface area contributed by atoms with Gasteiger partial charge in [-0.25, -0.2) is 0 Å². The maximum Gasteiger partial charge on any atom is 0.300 e. The normalized spacial score (nSPS) is 10.9. The fraction of sp³-hybridized carbons (Fsp3) is 0.143. The smallest absolute Gasteiger partial charge is 0.300 e. The van der Waals surface area contributed by atoms with Crippen molar-refractivity contribution in [1.29, 1.82) is 0 Å². The first kappa shape index (κ1) is 21.0. The van der Waals surface area contributed by atoms with Gasteiger partial charge in [-0.15, -0.1) is 10.2 Å². The zero-order valence-corrected chi connectivity index (χ0v) is 18.3. The minimum Gasteiger partial charge on any atom is -0.497 e. The zero-order valence-electron chi connectivity index (χ0n) is 16.7. The minimum absolute atomic E-state index is 0.105. The number of fused-ring (bicyclic) bond motifs is 1. The number of rotatable bonds is 6. The summed E-state index contributed by atoms with van der Waals surface area (Å²) >= 11 is 7.18. The molecular weight excluding hydrogens is 438 g/mol. The van der Waals surface area contributed by atoms with Crippen LogP contribution >= 0.6 is 23.4 Å². The lowest BCUT2D eigenvalue weighted by atomic mass is 10.2. The van der Waals surface area contributed by atoms with Gasteiger partial charge < -0.3 is 10.1 Å². The molecule has 4 aromatic rings. The second-order valence-corrected chi connectivity index (χ2v) is 8.02. The molecule has 31 heavy (non-hydrogen) atoms. The summed E-state index contributed by atoms with van der Waals surface area (Å²) in [5, 5.41) is 11.9. The standard InChI is InChI=1S/C21H18ClN5O3S/c1-13-3-4-14(22)11-17(13)23-18(28)12-31-21-25-24-19-20(29)26(9-10-27(19)21)15-5-7-16(30-2)8-6-15/h3-11H,12H2,1-2H3,(H,23,28). The Kier molecular flexibility index (Phi) is 5.97. The van der Waals surface area contributed by atoms with E-state index in [9.17, 15) is 9.59 Å². The number of anilines is 1. The van der Waals surface area contributed by atoms with Crippen molar-refractivity contribution in [2.24, 2.45) is 0 Å². The van der Waals surface area contributed by atoms with Gasteiger partial charge in [0.05, 0.1) is 12.9 Å². The fourth-order valence-corrected chi connectivity index (χ4v) is 3.85. The topological polar surface area (TPSA) is 90.5 Å². The van der Waals surface area contributed by atoms with Gasteiger partial charge in [0, 0.05) is 28.8 Å². The van der Waals surface area contributed by atoms with Gasteiger partial charge in [0.25, 0.3) is 0 Å². The minimum atomic E-state index is -0.314. The number of aromatic nitrogens is 4. The first-order valence-electron chi connectivity index (χ1n) is 9.26. The van der Waals surface area contributed by atoms with Gasteiger partial charge in [0.2, 0.25) is 11.6 Å². The average Bonchev–Trinajstić information content (AvgIpc) is 3.19. The van der Waals surface area contributed by atoms with Gasteiger partial charge in [-0.2, -0.15) is 0 Å². The first-order chi connectivity index (χ1) is 15.0. The van der Waals surface area contributed by atoms with Crippen LogP contribution in [0, 0.1) is 6.92 Å². The van der Waals surface area contributed by atoms with Gasteiger partial charge in [-0.1, -0.05) is 29.4 Å². The van der Waals surface area contributed by atoms with Crippen LogP contribution in [0.25, 0.3) is 11.3 Å². The largest absolute Gasteiger partial charge is 0.497 e. The molecule has 158 valence electrons. The van der Waals surface area contributed by atoms with Gasteiger partial charge in [0.1, 0.15) is 5.75 Å². The second-order valence-electron chi connectivity index (χ2n) is 6.64. The summed E-state index contributed by atoms with van der Waals surface area (Å²) in [5.41, 5.74) is 2.11. The summed E-state index contributed by atoms with van der Waals surface area (Å²) in [4.78, 5) is 25.2. The molecule has 4 rings (SSSR count). The van der Waals surface area contributed by atoms with E-state index in [-0.39, 0.29) is 22.9 Å². The maximum atomic E-state index is 12.9. The van der Waals surface area contributed by atoms with Gasteiger partial charge in [0.15, 0.2) is 5.16 Å². The fourth-order valence-electron chi connectivity index (χ4n) is 2.96. The zero-order chi connectivity index (χ0) is 22.0. The molecule has 8 nitrogen and oxygen atoms in total. The number of aryl methyl sites for hydroxylation is 1. The number of benzene rings is 2. The molecule has 10 heteroatoms. The van der Waals surface area contributed by atoms with Crippen molar-refractivity contribution < 1.29 is 9.53 Å². The van der Waals surface area contributed by atoms with Gasteiger partial charge in [-0.3, -0.25) is 18.6 Å². The van der Waals surface area contributed by atoms with Crippen LogP contribution in [0.3, 0.4) is 0 Å². The molecule has 0 aliphatic rings. The van der Waals surface area contributed by atoms with Crippen molar-refractivity contribution in [3.05, 3.63) is 75.8 Å². The number of hydrogen-bond acceptors (Lipinski definition) is 6. The van der Waals surface area contributed by atoms with E-state index in [0.29, 0.717) is 27.3 Å². The second kappa shape index (κ2) is 8.83. The Morgan fingerprint density at radius 3 is 2.68 bits per heavy atom. The summed E-state index contributed by atoms with van der Waals surface area (Å²) in [6.45, 7) is 1.89. The Hall–Kier alpha value is -3.30. The summed E-state index contributed by atoms with van der Waals surface area (Å²) in [6, 6.07) is 12.4. The average molecular weight is 456 g/mol. The number of amides is 1. The van der Waals surface area contributed by atoms with Crippen molar-refractivity contribution in [2.75, 3.05) is 18.2 Å². The number of methoxy groups -OCH3 is 1. The number of thioether (sulfide) groups is 1. The van der Waals surface area contributed by atoms with E-state index in [1.165, 1.54) is 16.3 Å². The van der Waals surface area contributed by atoms with E-state index in [4.69, 9.17) is 16.3 Å². The molecule has 0 aliphatic carbocycles. The van der Waals surface area contributed by atoms with Crippen LogP contribution in [0.15, 0.2) is 64.8 Å². The molecule has 2 aromatic heterocycles. The van der Waals surface area contributed by atoms with Crippen LogP contribution in [0.5, 0.6) is 5.75 Å². The third-order valence-electron chi connectivity index (χ3n) is 4.60. The van der Waals surface area contributed by atoms with Gasteiger partial charge in [-0.05, 0) is 48.9 Å². The molecule has 0 unspecified atom stereocenters. The molecular formula is C21H18ClN5O3S. The highest BCUT2D eigenvalue weighted by molar-refractivity contribution is 7.99. The highest BCUT2D eigenvalue weighted by Gasteiger charge is 2.14. The Morgan fingerprint density at radius 1 is 1.16 bits per heavy atom. The van der Waals surface area contributed by atoms with Crippen LogP contribution in [0.4, 0.5) is 5.69 Å². The first-order valence-corrected chi connectivity index (χ1v) is 10.6. The lowest BCUT2D eigenvalue weighted by molar-refractivity contribution is -0.113. The van der Waals surface area contributed by atoms with Crippen molar-refractivity contribution in [3.8, 4) is 11.4 Å². The molecule has 2 aromatic carbocycles. The lowest BCUT2D eigenvalue weighted by Gasteiger charge is -2.09. The van der Waals surface area contributed by atoms with Crippen molar-refractivity contribution >= 4 is 40.6 Å². The van der Waals surface area contributed by atoms with Crippen LogP contribution in [-0.4, -0.2) is 37.9 Å². The Balaban J connectivity index is 1.51. The van der Waals surface area contributed by atoms with E-state index in [0.717, 1.165) is 5.56 Å². The van der Waals surface area contributed by atoms with E-state index in [2.05, 4.69) is 15.5 Å². The number of hydrogen-bond donors (Lipinski definition) is 1. The SMILES string of the molecule is COc1ccc(-n2ccn3c(SCC(=O)Nc4cc(Cl)ccc4C)nnc3c2=O)cc1. The van der Waals surface area contributed by atoms with E-state index < -0.39 is 0 Å². The van der Waals surface area contributed by atoms with E-state index in [1.807, 2.05) is 13.0 Å². The molecule has 0 spiro atoms. The summed E-state index contributed by atoms with van der Waals surface area (Å²) < 4.78 is 8.20. The highest BCUT2D eigenvalue weighted by atomic mass is 35.5. The molecule has 0 bridgehead atoms. The molecule has 0 saturated carbocycles. The third-order valence-corrected chi connectivity index (χ3v) is 5.77. The van der Waals surface area contributed by atoms with Crippen LogP contribution < -0.4 is 15.6 Å². The number of carbonyl (C=O) groups excluding carboxylic acids is 1. The van der Waals surface area contributed by atoms with Crippen molar-refractivity contribution in [1.82, 2.24) is 19.2 Å². The lowest BCUT2D eigenvalue weighted by Crippen LogP contribution is -2.20. The Bertz CT molecular complexity index is 1320. The van der Waals surface area contributed by atoms with Crippen LogP contribution in [0.1, 0.15) is 5.56 Å². The number of nitrogens with zero attached hydrogens (tertiary/aromatic N) is 4. The third kappa shape index (κ3) is 4.42. The highest BCUT2D eigenvalue weighted by Crippen LogP contribution is 2.22. The van der Waals surface area contributed by atoms with Gasteiger partial charge >= 0.3 is 5.56 Å². The number of carbonyl (C=O) groups is 1. The Morgan fingerprint density at radius 2 is 1.94 bits per heavy atom. The van der Waals surface area contributed by atoms with Crippen LogP contribution in [0.2, 0.25) is 5.02 Å². The summed E-state index contributed by atoms with van der Waals surface area (Å²) in [5.74, 6) is 0.595. The molecule has 0 aliphatic heterocycles. The molecule has 1 amide bonds. The molecule has 0 radical (unpaired) electrons. The van der Waals surface area contributed by atoms with E-state index >= 15 is 0 Å². The van der Waals surface area contributed by atoms with Crippen molar-refractivity contribution in [3.63, 3.8) is 0 Å². The predicted molar refractivity (Wildman–Crippen MR) is 121 cm³/mol. The Labute approximate surface area is 186 Å². The number of nitrogens with one attached hydrogen (secondary N) is 1. The summed E-state index contributed by atoms with van der Waals surface area (Å²) in [7, 11) is 1.58. The molecule has 0 fully saturated rings. The predicted octanol–water partition coefficient (Wildman–Crippen LogP) is 3.58. The summed E-state index contributed by atoms with van der Waals surface area (Å²) in [6.07, 6.45) is 3.34. The van der Waals surface area contributed by atoms with Crippen LogP contribution in [-0.2, 0) is 4.79 Å².